The van der Waals surface area contributed by atoms with E-state index in [2.05, 4.69) is 36.3 Å². The van der Waals surface area contributed by atoms with Gasteiger partial charge in [-0.05, 0) is 32.6 Å². The Morgan fingerprint density at radius 1 is 1.17 bits per heavy atom. The standard InChI is InChI=1S/C14H29N3O/c1-11(2)5-6-12(3)16-14(18)13(4)17-9-7-15-8-10-17/h11-13,15H,5-10H2,1-4H3,(H,16,18). The molecule has 0 aliphatic carbocycles. The fourth-order valence-electron chi connectivity index (χ4n) is 2.25. The van der Waals surface area contributed by atoms with E-state index in [4.69, 9.17) is 0 Å². The molecule has 4 nitrogen and oxygen atoms in total. The molecule has 18 heavy (non-hydrogen) atoms. The lowest BCUT2D eigenvalue weighted by Crippen LogP contribution is -2.53. The van der Waals surface area contributed by atoms with Crippen LogP contribution in [0.1, 0.15) is 40.5 Å². The number of nitrogens with zero attached hydrogens (tertiary/aromatic N) is 1. The molecule has 1 aliphatic rings. The van der Waals surface area contributed by atoms with E-state index in [9.17, 15) is 4.79 Å². The maximum Gasteiger partial charge on any atom is 0.237 e. The lowest BCUT2D eigenvalue weighted by Gasteiger charge is -2.32. The molecule has 0 aromatic rings. The highest BCUT2D eigenvalue weighted by Crippen LogP contribution is 2.07. The number of carbonyl (C=O) groups is 1. The molecule has 0 saturated carbocycles. The number of rotatable bonds is 6. The monoisotopic (exact) mass is 255 g/mol. The van der Waals surface area contributed by atoms with E-state index in [0.717, 1.165) is 32.6 Å². The average molecular weight is 255 g/mol. The molecule has 106 valence electrons. The highest BCUT2D eigenvalue weighted by molar-refractivity contribution is 5.81. The third kappa shape index (κ3) is 5.36. The van der Waals surface area contributed by atoms with Gasteiger partial charge in [0.25, 0.3) is 0 Å². The summed E-state index contributed by atoms with van der Waals surface area (Å²) in [5.74, 6) is 0.878. The van der Waals surface area contributed by atoms with Gasteiger partial charge in [0.1, 0.15) is 0 Å². The second kappa shape index (κ2) is 7.74. The molecule has 2 atom stereocenters. The van der Waals surface area contributed by atoms with Crippen LogP contribution in [0.2, 0.25) is 0 Å². The van der Waals surface area contributed by atoms with E-state index < -0.39 is 0 Å². The Morgan fingerprint density at radius 3 is 2.33 bits per heavy atom. The van der Waals surface area contributed by atoms with Gasteiger partial charge < -0.3 is 10.6 Å². The topological polar surface area (TPSA) is 44.4 Å². The zero-order valence-electron chi connectivity index (χ0n) is 12.3. The Labute approximate surface area is 111 Å². The fourth-order valence-corrected chi connectivity index (χ4v) is 2.25. The number of nitrogens with one attached hydrogen (secondary N) is 2. The normalized spacial score (nSPS) is 20.7. The van der Waals surface area contributed by atoms with Crippen molar-refractivity contribution < 1.29 is 4.79 Å². The maximum absolute atomic E-state index is 12.1. The molecule has 0 bridgehead atoms. The van der Waals surface area contributed by atoms with Crippen molar-refractivity contribution in [3.05, 3.63) is 0 Å². The van der Waals surface area contributed by atoms with Crippen LogP contribution in [0.5, 0.6) is 0 Å². The Morgan fingerprint density at radius 2 is 1.78 bits per heavy atom. The molecule has 0 radical (unpaired) electrons. The van der Waals surface area contributed by atoms with Crippen LogP contribution < -0.4 is 10.6 Å². The van der Waals surface area contributed by atoms with Crippen LogP contribution in [-0.2, 0) is 4.79 Å². The van der Waals surface area contributed by atoms with E-state index in [-0.39, 0.29) is 18.0 Å². The molecule has 2 unspecified atom stereocenters. The summed E-state index contributed by atoms with van der Waals surface area (Å²) in [4.78, 5) is 14.4. The largest absolute Gasteiger partial charge is 0.352 e. The van der Waals surface area contributed by atoms with Crippen LogP contribution in [-0.4, -0.2) is 49.1 Å². The summed E-state index contributed by atoms with van der Waals surface area (Å²) in [5.41, 5.74) is 0. The smallest absolute Gasteiger partial charge is 0.237 e. The van der Waals surface area contributed by atoms with Crippen molar-refractivity contribution in [1.82, 2.24) is 15.5 Å². The first-order valence-corrected chi connectivity index (χ1v) is 7.26. The molecule has 4 heteroatoms. The lowest BCUT2D eigenvalue weighted by atomic mass is 10.0. The predicted octanol–water partition coefficient (Wildman–Crippen LogP) is 1.22. The number of hydrogen-bond acceptors (Lipinski definition) is 3. The number of piperazine rings is 1. The van der Waals surface area contributed by atoms with Crippen molar-refractivity contribution in [2.45, 2.75) is 52.6 Å². The molecule has 1 saturated heterocycles. The quantitative estimate of drug-likeness (QED) is 0.750. The molecule has 0 spiro atoms. The first-order chi connectivity index (χ1) is 8.50. The van der Waals surface area contributed by atoms with Gasteiger partial charge in [-0.3, -0.25) is 9.69 Å². The Balaban J connectivity index is 2.29. The molecule has 1 aliphatic heterocycles. The first-order valence-electron chi connectivity index (χ1n) is 7.26. The number of hydrogen-bond donors (Lipinski definition) is 2. The van der Waals surface area contributed by atoms with E-state index in [0.29, 0.717) is 5.92 Å². The molecule has 1 heterocycles. The van der Waals surface area contributed by atoms with Gasteiger partial charge in [0.15, 0.2) is 0 Å². The molecular formula is C14H29N3O. The third-order valence-electron chi connectivity index (χ3n) is 3.64. The van der Waals surface area contributed by atoms with Gasteiger partial charge in [-0.2, -0.15) is 0 Å². The number of carbonyl (C=O) groups excluding carboxylic acids is 1. The summed E-state index contributed by atoms with van der Waals surface area (Å²) in [6.45, 7) is 12.5. The van der Waals surface area contributed by atoms with Gasteiger partial charge >= 0.3 is 0 Å². The second-order valence-corrected chi connectivity index (χ2v) is 5.84. The van der Waals surface area contributed by atoms with E-state index in [1.165, 1.54) is 6.42 Å². The zero-order valence-corrected chi connectivity index (χ0v) is 12.3. The van der Waals surface area contributed by atoms with Crippen LogP contribution in [0, 0.1) is 5.92 Å². The van der Waals surface area contributed by atoms with Gasteiger partial charge in [0.2, 0.25) is 5.91 Å². The molecular weight excluding hydrogens is 226 g/mol. The summed E-state index contributed by atoms with van der Waals surface area (Å²) < 4.78 is 0. The van der Waals surface area contributed by atoms with Crippen molar-refractivity contribution in [3.63, 3.8) is 0 Å². The van der Waals surface area contributed by atoms with Gasteiger partial charge in [-0.25, -0.2) is 0 Å². The fraction of sp³-hybridized carbons (Fsp3) is 0.929. The van der Waals surface area contributed by atoms with Crippen molar-refractivity contribution in [2.24, 2.45) is 5.92 Å². The molecule has 0 aromatic carbocycles. The molecule has 1 rings (SSSR count). The van der Waals surface area contributed by atoms with Crippen LogP contribution in [0.25, 0.3) is 0 Å². The van der Waals surface area contributed by atoms with Crippen molar-refractivity contribution in [3.8, 4) is 0 Å². The second-order valence-electron chi connectivity index (χ2n) is 5.84. The number of amides is 1. The van der Waals surface area contributed by atoms with Crippen LogP contribution in [0.3, 0.4) is 0 Å². The van der Waals surface area contributed by atoms with Crippen molar-refractivity contribution in [2.75, 3.05) is 26.2 Å². The maximum atomic E-state index is 12.1. The Bertz CT molecular complexity index is 249. The summed E-state index contributed by atoms with van der Waals surface area (Å²) in [7, 11) is 0. The minimum atomic E-state index is -0.00593. The van der Waals surface area contributed by atoms with Crippen molar-refractivity contribution >= 4 is 5.91 Å². The molecule has 1 fully saturated rings. The third-order valence-corrected chi connectivity index (χ3v) is 3.64. The Kier molecular flexibility index (Phi) is 6.65. The van der Waals surface area contributed by atoms with Gasteiger partial charge in [-0.15, -0.1) is 0 Å². The molecule has 1 amide bonds. The molecule has 0 aromatic heterocycles. The van der Waals surface area contributed by atoms with Gasteiger partial charge in [0.05, 0.1) is 6.04 Å². The summed E-state index contributed by atoms with van der Waals surface area (Å²) in [6.07, 6.45) is 2.24. The summed E-state index contributed by atoms with van der Waals surface area (Å²) in [5, 5.41) is 6.44. The minimum Gasteiger partial charge on any atom is -0.352 e. The lowest BCUT2D eigenvalue weighted by molar-refractivity contribution is -0.126. The highest BCUT2D eigenvalue weighted by Gasteiger charge is 2.23. The predicted molar refractivity (Wildman–Crippen MR) is 75.6 cm³/mol. The first kappa shape index (κ1) is 15.4. The minimum absolute atomic E-state index is 0.00593. The molecule has 2 N–H and O–H groups in total. The van der Waals surface area contributed by atoms with E-state index >= 15 is 0 Å². The van der Waals surface area contributed by atoms with Gasteiger partial charge in [-0.1, -0.05) is 13.8 Å². The zero-order chi connectivity index (χ0) is 13.5. The van der Waals surface area contributed by atoms with Gasteiger partial charge in [0, 0.05) is 32.2 Å². The SMILES string of the molecule is CC(C)CCC(C)NC(=O)C(C)N1CCNCC1. The highest BCUT2D eigenvalue weighted by atomic mass is 16.2. The van der Waals surface area contributed by atoms with Crippen LogP contribution in [0.15, 0.2) is 0 Å². The van der Waals surface area contributed by atoms with E-state index in [1.807, 2.05) is 6.92 Å². The van der Waals surface area contributed by atoms with Crippen LogP contribution >= 0.6 is 0 Å². The van der Waals surface area contributed by atoms with E-state index in [1.54, 1.807) is 0 Å². The van der Waals surface area contributed by atoms with Crippen LogP contribution in [0.4, 0.5) is 0 Å². The summed E-state index contributed by atoms with van der Waals surface area (Å²) >= 11 is 0. The Hall–Kier alpha value is -0.610. The van der Waals surface area contributed by atoms with Crippen molar-refractivity contribution in [1.29, 1.82) is 0 Å². The summed E-state index contributed by atoms with van der Waals surface area (Å²) in [6, 6.07) is 0.277. The average Bonchev–Trinajstić information content (AvgIpc) is 2.36.